The molecule has 4 aromatic rings. The Morgan fingerprint density at radius 1 is 1.06 bits per heavy atom. The fourth-order valence-electron chi connectivity index (χ4n) is 5.39. The van der Waals surface area contributed by atoms with Gasteiger partial charge < -0.3 is 10.1 Å². The highest BCUT2D eigenvalue weighted by atomic mass is 35.5. The molecule has 6 rings (SSSR count). The zero-order valence-electron chi connectivity index (χ0n) is 20.1. The Morgan fingerprint density at radius 2 is 1.81 bits per heavy atom. The van der Waals surface area contributed by atoms with Crippen LogP contribution in [0.2, 0.25) is 5.02 Å². The average molecular weight is 512 g/mol. The molecule has 3 aromatic carbocycles. The normalized spacial score (nSPS) is 17.6. The Labute approximate surface area is 212 Å². The van der Waals surface area contributed by atoms with E-state index in [2.05, 4.69) is 9.88 Å². The van der Waals surface area contributed by atoms with Crippen LogP contribution < -0.4 is 10.1 Å². The summed E-state index contributed by atoms with van der Waals surface area (Å²) in [4.78, 5) is 4.93. The van der Waals surface area contributed by atoms with E-state index in [0.29, 0.717) is 35.8 Å². The number of halogens is 4. The van der Waals surface area contributed by atoms with Crippen molar-refractivity contribution >= 4 is 34.3 Å². The molecule has 0 radical (unpaired) electrons. The van der Waals surface area contributed by atoms with Crippen LogP contribution in [0, 0.1) is 6.92 Å². The van der Waals surface area contributed by atoms with Crippen LogP contribution in [0.1, 0.15) is 48.9 Å². The maximum atomic E-state index is 13.6. The van der Waals surface area contributed by atoms with Crippen LogP contribution in [0.4, 0.5) is 24.8 Å². The molecule has 4 nitrogen and oxygen atoms in total. The number of hydrogen-bond acceptors (Lipinski definition) is 3. The number of ether oxygens (including phenoxy) is 1. The molecule has 1 aliphatic carbocycles. The van der Waals surface area contributed by atoms with Crippen molar-refractivity contribution in [1.82, 2.24) is 9.55 Å². The Bertz CT molecular complexity index is 1500. The van der Waals surface area contributed by atoms with Crippen LogP contribution in [0.25, 0.3) is 11.0 Å². The van der Waals surface area contributed by atoms with Gasteiger partial charge in [0.1, 0.15) is 11.4 Å². The number of aromatic nitrogens is 2. The van der Waals surface area contributed by atoms with Crippen molar-refractivity contribution in [2.45, 2.75) is 57.3 Å². The number of hydrogen-bond donors (Lipinski definition) is 1. The third-order valence-corrected chi connectivity index (χ3v) is 7.52. The Balaban J connectivity index is 1.60. The molecule has 186 valence electrons. The first kappa shape index (κ1) is 23.2. The van der Waals surface area contributed by atoms with Crippen molar-refractivity contribution in [2.24, 2.45) is 0 Å². The molecule has 1 aliphatic heterocycles. The SMILES string of the molecule is Cc1cccc(Cl)c1Nc1nc2ccc3c(c2n1C1(c2cccc(C(F)(F)F)c2)CC1)CC(C)(C)O3. The molecule has 0 amide bonds. The minimum Gasteiger partial charge on any atom is -0.487 e. The quantitative estimate of drug-likeness (QED) is 0.301. The van der Waals surface area contributed by atoms with E-state index in [1.807, 2.05) is 45.0 Å². The van der Waals surface area contributed by atoms with Gasteiger partial charge in [-0.3, -0.25) is 4.57 Å². The van der Waals surface area contributed by atoms with E-state index in [-0.39, 0.29) is 5.60 Å². The van der Waals surface area contributed by atoms with E-state index in [9.17, 15) is 13.2 Å². The Morgan fingerprint density at radius 3 is 2.50 bits per heavy atom. The molecular weight excluding hydrogens is 487 g/mol. The fraction of sp³-hybridized carbons (Fsp3) is 0.321. The molecule has 0 atom stereocenters. The topological polar surface area (TPSA) is 39.1 Å². The molecule has 8 heteroatoms. The lowest BCUT2D eigenvalue weighted by Crippen LogP contribution is -2.25. The number of benzene rings is 3. The largest absolute Gasteiger partial charge is 0.487 e. The maximum Gasteiger partial charge on any atom is 0.416 e. The lowest BCUT2D eigenvalue weighted by molar-refractivity contribution is -0.137. The van der Waals surface area contributed by atoms with Crippen molar-refractivity contribution in [1.29, 1.82) is 0 Å². The third-order valence-electron chi connectivity index (χ3n) is 7.21. The molecule has 2 aliphatic rings. The van der Waals surface area contributed by atoms with Gasteiger partial charge in [-0.05, 0) is 75.1 Å². The predicted octanol–water partition coefficient (Wildman–Crippen LogP) is 8.01. The first-order valence-corrected chi connectivity index (χ1v) is 12.3. The highest BCUT2D eigenvalue weighted by Gasteiger charge is 2.50. The Hall–Kier alpha value is -3.19. The number of anilines is 2. The second-order valence-corrected chi connectivity index (χ2v) is 10.8. The van der Waals surface area contributed by atoms with Crippen LogP contribution in [-0.4, -0.2) is 15.2 Å². The standard InChI is InChI=1S/C28H25ClF3N3O/c1-16-6-4-9-20(29)23(16)34-25-33-21-10-11-22-19(15-26(2,3)36-22)24(21)35(25)27(12-13-27)17-7-5-8-18(14-17)28(30,31)32/h4-11,14H,12-13,15H2,1-3H3,(H,33,34). The van der Waals surface area contributed by atoms with Gasteiger partial charge in [0.15, 0.2) is 0 Å². The second kappa shape index (κ2) is 7.65. The lowest BCUT2D eigenvalue weighted by atomic mass is 9.98. The minimum atomic E-state index is -4.42. The lowest BCUT2D eigenvalue weighted by Gasteiger charge is -2.24. The van der Waals surface area contributed by atoms with Gasteiger partial charge in [-0.2, -0.15) is 13.2 Å². The van der Waals surface area contributed by atoms with Gasteiger partial charge >= 0.3 is 6.18 Å². The zero-order chi connectivity index (χ0) is 25.5. The molecule has 1 fully saturated rings. The van der Waals surface area contributed by atoms with Crippen molar-refractivity contribution in [3.63, 3.8) is 0 Å². The number of nitrogens with one attached hydrogen (secondary N) is 1. The fourth-order valence-corrected chi connectivity index (χ4v) is 5.66. The van der Waals surface area contributed by atoms with E-state index in [0.717, 1.165) is 39.7 Å². The molecule has 1 saturated carbocycles. The van der Waals surface area contributed by atoms with E-state index in [1.54, 1.807) is 12.1 Å². The summed E-state index contributed by atoms with van der Waals surface area (Å²) in [6.45, 7) is 6.02. The Kier molecular flexibility index (Phi) is 4.94. The van der Waals surface area contributed by atoms with Crippen LogP contribution in [0.5, 0.6) is 5.75 Å². The van der Waals surface area contributed by atoms with Gasteiger partial charge in [-0.25, -0.2) is 4.98 Å². The van der Waals surface area contributed by atoms with Gasteiger partial charge in [0, 0.05) is 12.0 Å². The molecule has 1 N–H and O–H groups in total. The molecule has 0 unspecified atom stereocenters. The summed E-state index contributed by atoms with van der Waals surface area (Å²) >= 11 is 6.53. The van der Waals surface area contributed by atoms with Crippen LogP contribution >= 0.6 is 11.6 Å². The average Bonchev–Trinajstić information content (AvgIpc) is 3.42. The molecule has 0 saturated heterocycles. The molecule has 36 heavy (non-hydrogen) atoms. The monoisotopic (exact) mass is 511 g/mol. The summed E-state index contributed by atoms with van der Waals surface area (Å²) in [5.74, 6) is 1.34. The first-order valence-electron chi connectivity index (χ1n) is 11.9. The summed E-state index contributed by atoms with van der Waals surface area (Å²) in [7, 11) is 0. The molecule has 2 heterocycles. The number of rotatable bonds is 4. The number of fused-ring (bicyclic) bond motifs is 3. The summed E-state index contributed by atoms with van der Waals surface area (Å²) < 4.78 is 49.2. The third kappa shape index (κ3) is 3.63. The van der Waals surface area contributed by atoms with Crippen molar-refractivity contribution < 1.29 is 17.9 Å². The van der Waals surface area contributed by atoms with Crippen LogP contribution in [0.15, 0.2) is 54.6 Å². The molecular formula is C28H25ClF3N3O. The number of imidazole rings is 1. The van der Waals surface area contributed by atoms with Gasteiger partial charge in [0.2, 0.25) is 5.95 Å². The summed E-state index contributed by atoms with van der Waals surface area (Å²) in [6, 6.07) is 15.1. The molecule has 1 aromatic heterocycles. The number of aryl methyl sites for hydroxylation is 1. The number of nitrogens with zero attached hydrogens (tertiary/aromatic N) is 2. The van der Waals surface area contributed by atoms with E-state index < -0.39 is 17.3 Å². The van der Waals surface area contributed by atoms with Gasteiger partial charge in [-0.1, -0.05) is 35.9 Å². The smallest absolute Gasteiger partial charge is 0.416 e. The summed E-state index contributed by atoms with van der Waals surface area (Å²) in [5, 5.41) is 3.98. The highest BCUT2D eigenvalue weighted by molar-refractivity contribution is 6.33. The van der Waals surface area contributed by atoms with Gasteiger partial charge in [0.25, 0.3) is 0 Å². The summed E-state index contributed by atoms with van der Waals surface area (Å²) in [5.41, 5.74) is 3.27. The van der Waals surface area contributed by atoms with Gasteiger partial charge in [-0.15, -0.1) is 0 Å². The van der Waals surface area contributed by atoms with Crippen LogP contribution in [-0.2, 0) is 18.1 Å². The van der Waals surface area contributed by atoms with Crippen molar-refractivity contribution in [3.8, 4) is 5.75 Å². The summed E-state index contributed by atoms with van der Waals surface area (Å²) in [6.07, 6.45) is -2.35. The van der Waals surface area contributed by atoms with Crippen molar-refractivity contribution in [3.05, 3.63) is 81.9 Å². The van der Waals surface area contributed by atoms with E-state index >= 15 is 0 Å². The highest BCUT2D eigenvalue weighted by Crippen LogP contribution is 2.55. The zero-order valence-corrected chi connectivity index (χ0v) is 20.9. The van der Waals surface area contributed by atoms with Crippen LogP contribution in [0.3, 0.4) is 0 Å². The minimum absolute atomic E-state index is 0.383. The van der Waals surface area contributed by atoms with E-state index in [1.165, 1.54) is 12.1 Å². The number of para-hydroxylation sites is 1. The second-order valence-electron chi connectivity index (χ2n) is 10.4. The predicted molar refractivity (Wildman–Crippen MR) is 135 cm³/mol. The van der Waals surface area contributed by atoms with E-state index in [4.69, 9.17) is 21.3 Å². The molecule has 0 spiro atoms. The first-order chi connectivity index (χ1) is 17.0. The van der Waals surface area contributed by atoms with Gasteiger partial charge in [0.05, 0.1) is 32.8 Å². The molecule has 0 bridgehead atoms. The van der Waals surface area contributed by atoms with Crippen molar-refractivity contribution in [2.75, 3.05) is 5.32 Å². The number of alkyl halides is 3. The maximum absolute atomic E-state index is 13.6.